The van der Waals surface area contributed by atoms with Gasteiger partial charge in [-0.05, 0) is 42.5 Å². The maximum Gasteiger partial charge on any atom is 0.257 e. The van der Waals surface area contributed by atoms with Crippen LogP contribution in [0.2, 0.25) is 0 Å². The van der Waals surface area contributed by atoms with Gasteiger partial charge in [0.25, 0.3) is 5.91 Å². The summed E-state index contributed by atoms with van der Waals surface area (Å²) in [5.74, 6) is 0.862. The van der Waals surface area contributed by atoms with Crippen LogP contribution in [0.4, 0.5) is 5.82 Å². The van der Waals surface area contributed by atoms with Gasteiger partial charge in [0.2, 0.25) is 0 Å². The zero-order valence-electron chi connectivity index (χ0n) is 13.2. The molecule has 8 heteroatoms. The second-order valence-electron chi connectivity index (χ2n) is 5.21. The number of amides is 1. The van der Waals surface area contributed by atoms with E-state index >= 15 is 0 Å². The van der Waals surface area contributed by atoms with Crippen molar-refractivity contribution in [3.05, 3.63) is 66.4 Å². The molecular formula is C17H14N2O5S. The molecule has 0 saturated heterocycles. The van der Waals surface area contributed by atoms with Crippen LogP contribution in [0.15, 0.2) is 70.3 Å². The van der Waals surface area contributed by atoms with E-state index in [2.05, 4.69) is 15.0 Å². The quantitative estimate of drug-likeness (QED) is 0.752. The summed E-state index contributed by atoms with van der Waals surface area (Å²) in [6, 6.07) is 14.1. The SMILES string of the molecule is CS(=O)(=O)c1ccc(Oc2cccc(C(=O)Nc3ccon3)c2)cc1. The van der Waals surface area contributed by atoms with Crippen LogP contribution in [-0.2, 0) is 9.84 Å². The van der Waals surface area contributed by atoms with Gasteiger partial charge in [-0.15, -0.1) is 0 Å². The Hall–Kier alpha value is -3.13. The molecule has 2 aromatic carbocycles. The number of hydrogen-bond donors (Lipinski definition) is 1. The van der Waals surface area contributed by atoms with E-state index in [9.17, 15) is 13.2 Å². The van der Waals surface area contributed by atoms with Crippen LogP contribution in [-0.4, -0.2) is 25.7 Å². The lowest BCUT2D eigenvalue weighted by Gasteiger charge is -2.08. The third-order valence-corrected chi connectivity index (χ3v) is 4.39. The lowest BCUT2D eigenvalue weighted by atomic mass is 10.2. The highest BCUT2D eigenvalue weighted by atomic mass is 32.2. The van der Waals surface area contributed by atoms with Crippen LogP contribution >= 0.6 is 0 Å². The lowest BCUT2D eigenvalue weighted by Crippen LogP contribution is -2.11. The van der Waals surface area contributed by atoms with Crippen molar-refractivity contribution in [1.29, 1.82) is 0 Å². The molecule has 1 heterocycles. The predicted octanol–water partition coefficient (Wildman–Crippen LogP) is 3.12. The van der Waals surface area contributed by atoms with E-state index in [-0.39, 0.29) is 10.8 Å². The molecular weight excluding hydrogens is 344 g/mol. The summed E-state index contributed by atoms with van der Waals surface area (Å²) in [5, 5.41) is 6.20. The first-order chi connectivity index (χ1) is 11.9. The Balaban J connectivity index is 1.74. The fourth-order valence-electron chi connectivity index (χ4n) is 2.06. The topological polar surface area (TPSA) is 98.5 Å². The molecule has 0 aliphatic rings. The molecule has 0 radical (unpaired) electrons. The second kappa shape index (κ2) is 6.78. The van der Waals surface area contributed by atoms with Crippen LogP contribution in [0, 0.1) is 0 Å². The number of carbonyl (C=O) groups excluding carboxylic acids is 1. The third-order valence-electron chi connectivity index (χ3n) is 3.26. The van der Waals surface area contributed by atoms with Gasteiger partial charge in [-0.25, -0.2) is 8.42 Å². The van der Waals surface area contributed by atoms with Crippen LogP contribution in [0.5, 0.6) is 11.5 Å². The molecule has 1 N–H and O–H groups in total. The van der Waals surface area contributed by atoms with Crippen molar-refractivity contribution in [2.75, 3.05) is 11.6 Å². The minimum absolute atomic E-state index is 0.209. The number of carbonyl (C=O) groups is 1. The van der Waals surface area contributed by atoms with E-state index in [0.29, 0.717) is 22.9 Å². The van der Waals surface area contributed by atoms with Crippen molar-refractivity contribution < 1.29 is 22.5 Å². The van der Waals surface area contributed by atoms with Gasteiger partial charge in [0.05, 0.1) is 4.90 Å². The van der Waals surface area contributed by atoms with Crippen LogP contribution in [0.25, 0.3) is 0 Å². The molecule has 0 aliphatic carbocycles. The Kier molecular flexibility index (Phi) is 4.53. The smallest absolute Gasteiger partial charge is 0.257 e. The molecule has 1 amide bonds. The van der Waals surface area contributed by atoms with Crippen molar-refractivity contribution in [3.8, 4) is 11.5 Å². The maximum absolute atomic E-state index is 12.2. The van der Waals surface area contributed by atoms with Gasteiger partial charge in [-0.2, -0.15) is 0 Å². The monoisotopic (exact) mass is 358 g/mol. The van der Waals surface area contributed by atoms with Gasteiger partial charge in [0, 0.05) is 17.9 Å². The molecule has 0 bridgehead atoms. The lowest BCUT2D eigenvalue weighted by molar-refractivity contribution is 0.102. The number of sulfone groups is 1. The number of ether oxygens (including phenoxy) is 1. The predicted molar refractivity (Wildman–Crippen MR) is 90.5 cm³/mol. The molecule has 1 aromatic heterocycles. The molecule has 3 rings (SSSR count). The summed E-state index contributed by atoms with van der Waals surface area (Å²) in [7, 11) is -3.26. The normalized spacial score (nSPS) is 11.1. The minimum Gasteiger partial charge on any atom is -0.457 e. The van der Waals surface area contributed by atoms with E-state index < -0.39 is 9.84 Å². The fraction of sp³-hybridized carbons (Fsp3) is 0.0588. The van der Waals surface area contributed by atoms with E-state index in [0.717, 1.165) is 6.26 Å². The standard InChI is InChI=1S/C17H14N2O5S/c1-25(21,22)15-7-5-13(6-8-15)24-14-4-2-3-12(11-14)17(20)18-16-9-10-23-19-16/h2-11H,1H3,(H,18,19,20). The minimum atomic E-state index is -3.26. The fourth-order valence-corrected chi connectivity index (χ4v) is 2.69. The first kappa shape index (κ1) is 16.7. The molecule has 0 atom stereocenters. The Morgan fingerprint density at radius 3 is 2.48 bits per heavy atom. The molecule has 0 spiro atoms. The van der Waals surface area contributed by atoms with E-state index in [1.54, 1.807) is 36.4 Å². The van der Waals surface area contributed by atoms with Crippen molar-refractivity contribution in [1.82, 2.24) is 5.16 Å². The number of benzene rings is 2. The highest BCUT2D eigenvalue weighted by Crippen LogP contribution is 2.24. The molecule has 3 aromatic rings. The summed E-state index contributed by atoms with van der Waals surface area (Å²) in [5.41, 5.74) is 0.383. The number of nitrogens with zero attached hydrogens (tertiary/aromatic N) is 1. The Bertz CT molecular complexity index is 980. The van der Waals surface area contributed by atoms with Gasteiger partial charge in [0.1, 0.15) is 17.8 Å². The van der Waals surface area contributed by atoms with Crippen LogP contribution < -0.4 is 10.1 Å². The Labute approximate surface area is 144 Å². The first-order valence-corrected chi connectivity index (χ1v) is 9.11. The highest BCUT2D eigenvalue weighted by molar-refractivity contribution is 7.90. The van der Waals surface area contributed by atoms with Crippen molar-refractivity contribution >= 4 is 21.6 Å². The summed E-state index contributed by atoms with van der Waals surface area (Å²) in [4.78, 5) is 12.4. The molecule has 0 fully saturated rings. The summed E-state index contributed by atoms with van der Waals surface area (Å²) < 4.78 is 33.2. The highest BCUT2D eigenvalue weighted by Gasteiger charge is 2.10. The maximum atomic E-state index is 12.2. The van der Waals surface area contributed by atoms with Crippen molar-refractivity contribution in [2.24, 2.45) is 0 Å². The summed E-state index contributed by atoms with van der Waals surface area (Å²) in [6.45, 7) is 0. The third kappa shape index (κ3) is 4.24. The molecule has 0 unspecified atom stereocenters. The number of anilines is 1. The zero-order chi connectivity index (χ0) is 17.9. The number of hydrogen-bond acceptors (Lipinski definition) is 6. The second-order valence-corrected chi connectivity index (χ2v) is 7.23. The number of rotatable bonds is 5. The molecule has 0 saturated carbocycles. The molecule has 25 heavy (non-hydrogen) atoms. The molecule has 0 aliphatic heterocycles. The Morgan fingerprint density at radius 2 is 1.84 bits per heavy atom. The van der Waals surface area contributed by atoms with E-state index in [1.807, 2.05) is 0 Å². The number of aromatic nitrogens is 1. The Morgan fingerprint density at radius 1 is 1.08 bits per heavy atom. The van der Waals surface area contributed by atoms with Crippen molar-refractivity contribution in [2.45, 2.75) is 4.90 Å². The van der Waals surface area contributed by atoms with Crippen LogP contribution in [0.1, 0.15) is 10.4 Å². The van der Waals surface area contributed by atoms with Gasteiger partial charge >= 0.3 is 0 Å². The van der Waals surface area contributed by atoms with E-state index in [1.165, 1.54) is 24.5 Å². The van der Waals surface area contributed by atoms with Gasteiger partial charge in [-0.3, -0.25) is 4.79 Å². The van der Waals surface area contributed by atoms with Crippen molar-refractivity contribution in [3.63, 3.8) is 0 Å². The number of nitrogens with one attached hydrogen (secondary N) is 1. The zero-order valence-corrected chi connectivity index (χ0v) is 14.0. The molecule has 7 nitrogen and oxygen atoms in total. The summed E-state index contributed by atoms with van der Waals surface area (Å²) in [6.07, 6.45) is 2.50. The summed E-state index contributed by atoms with van der Waals surface area (Å²) >= 11 is 0. The van der Waals surface area contributed by atoms with Crippen LogP contribution in [0.3, 0.4) is 0 Å². The van der Waals surface area contributed by atoms with Gasteiger partial charge in [0.15, 0.2) is 15.7 Å². The van der Waals surface area contributed by atoms with Gasteiger partial charge < -0.3 is 14.6 Å². The average Bonchev–Trinajstić information content (AvgIpc) is 3.08. The average molecular weight is 358 g/mol. The van der Waals surface area contributed by atoms with Gasteiger partial charge in [-0.1, -0.05) is 11.2 Å². The van der Waals surface area contributed by atoms with E-state index in [4.69, 9.17) is 4.74 Å². The largest absolute Gasteiger partial charge is 0.457 e. The first-order valence-electron chi connectivity index (χ1n) is 7.21. The molecule has 128 valence electrons.